The van der Waals surface area contributed by atoms with Gasteiger partial charge in [0.25, 0.3) is 5.91 Å². The summed E-state index contributed by atoms with van der Waals surface area (Å²) in [4.78, 5) is 28.5. The van der Waals surface area contributed by atoms with E-state index in [1.54, 1.807) is 0 Å². The minimum Gasteiger partial charge on any atom is -0.493 e. The zero-order chi connectivity index (χ0) is 21.1. The normalized spacial score (nSPS) is 15.3. The van der Waals surface area contributed by atoms with Gasteiger partial charge in [-0.3, -0.25) is 14.5 Å². The molecule has 2 N–H and O–H groups in total. The van der Waals surface area contributed by atoms with Crippen molar-refractivity contribution >= 4 is 35.3 Å². The lowest BCUT2D eigenvalue weighted by Crippen LogP contribution is -2.35. The second-order valence-electron chi connectivity index (χ2n) is 5.91. The fourth-order valence-corrected chi connectivity index (χ4v) is 2.89. The Bertz CT molecular complexity index is 994. The van der Waals surface area contributed by atoms with Gasteiger partial charge in [0.1, 0.15) is 25.2 Å². The molecule has 1 aliphatic heterocycles. The Labute approximate surface area is 169 Å². The number of benzene rings is 1. The van der Waals surface area contributed by atoms with Crippen molar-refractivity contribution in [2.75, 3.05) is 20.7 Å². The van der Waals surface area contributed by atoms with Gasteiger partial charge in [0.2, 0.25) is 0 Å². The highest BCUT2D eigenvalue weighted by Crippen LogP contribution is 2.33. The number of ether oxygens (including phenoxy) is 2. The van der Waals surface area contributed by atoms with Crippen molar-refractivity contribution < 1.29 is 28.6 Å². The summed E-state index contributed by atoms with van der Waals surface area (Å²) in [5.74, 6) is -2.12. The number of halogens is 1. The van der Waals surface area contributed by atoms with Crippen LogP contribution in [0.5, 0.6) is 11.5 Å². The van der Waals surface area contributed by atoms with E-state index in [2.05, 4.69) is 15.2 Å². The van der Waals surface area contributed by atoms with Crippen LogP contribution in [0.2, 0.25) is 0 Å². The number of aliphatic carboxylic acids is 1. The van der Waals surface area contributed by atoms with E-state index in [4.69, 9.17) is 26.8 Å². The van der Waals surface area contributed by atoms with Gasteiger partial charge in [-0.15, -0.1) is 10.2 Å². The molecule has 1 aromatic heterocycles. The molecule has 0 saturated carbocycles. The van der Waals surface area contributed by atoms with Crippen molar-refractivity contribution in [3.05, 3.63) is 41.4 Å². The molecule has 10 nitrogen and oxygen atoms in total. The van der Waals surface area contributed by atoms with Gasteiger partial charge in [0.15, 0.2) is 28.3 Å². The van der Waals surface area contributed by atoms with E-state index in [1.165, 1.54) is 37.5 Å². The lowest BCUT2D eigenvalue weighted by Gasteiger charge is -2.14. The third-order valence-electron chi connectivity index (χ3n) is 4.01. The van der Waals surface area contributed by atoms with Crippen molar-refractivity contribution in [3.8, 4) is 11.5 Å². The number of nitrogens with zero attached hydrogens (tertiary/aromatic N) is 4. The summed E-state index contributed by atoms with van der Waals surface area (Å²) < 4.78 is 25.2. The molecular formula is C17H16FN5O5S. The first-order valence-electron chi connectivity index (χ1n) is 8.20. The maximum absolute atomic E-state index is 14.6. The topological polar surface area (TPSA) is 121 Å². The van der Waals surface area contributed by atoms with Crippen LogP contribution < -0.4 is 9.47 Å². The number of carbonyl (C=O) groups is 2. The molecule has 1 aliphatic rings. The van der Waals surface area contributed by atoms with Crippen LogP contribution in [-0.2, 0) is 16.2 Å². The highest BCUT2D eigenvalue weighted by Gasteiger charge is 2.36. The van der Waals surface area contributed by atoms with Crippen LogP contribution in [0.1, 0.15) is 11.4 Å². The molecule has 29 heavy (non-hydrogen) atoms. The number of hydrogen-bond acceptors (Lipinski definition) is 7. The summed E-state index contributed by atoms with van der Waals surface area (Å²) in [6, 6.07) is 2.64. The van der Waals surface area contributed by atoms with E-state index in [9.17, 15) is 14.0 Å². The Morgan fingerprint density at radius 3 is 2.83 bits per heavy atom. The number of amides is 1. The molecule has 12 heteroatoms. The minimum atomic E-state index is -1.20. The van der Waals surface area contributed by atoms with Crippen molar-refractivity contribution in [2.45, 2.75) is 6.61 Å². The number of H-pyrrole nitrogens is 1. The Morgan fingerprint density at radius 2 is 2.21 bits per heavy atom. The van der Waals surface area contributed by atoms with Crippen LogP contribution in [-0.4, -0.2) is 67.8 Å². The molecule has 0 aliphatic carbocycles. The summed E-state index contributed by atoms with van der Waals surface area (Å²) in [5.41, 5.74) is 0.412. The average molecular weight is 421 g/mol. The van der Waals surface area contributed by atoms with Gasteiger partial charge in [-0.05, 0) is 36.0 Å². The molecule has 2 aromatic rings. The van der Waals surface area contributed by atoms with E-state index < -0.39 is 24.2 Å². The summed E-state index contributed by atoms with van der Waals surface area (Å²) >= 11 is 5.11. The van der Waals surface area contributed by atoms with E-state index in [1.807, 2.05) is 0 Å². The molecule has 0 unspecified atom stereocenters. The lowest BCUT2D eigenvalue weighted by molar-refractivity contribution is -0.140. The number of carboxylic acid groups (broad SMARTS) is 1. The van der Waals surface area contributed by atoms with E-state index in [-0.39, 0.29) is 28.9 Å². The van der Waals surface area contributed by atoms with Gasteiger partial charge in [0, 0.05) is 7.05 Å². The summed E-state index contributed by atoms with van der Waals surface area (Å²) in [5, 5.41) is 16.3. The van der Waals surface area contributed by atoms with Crippen molar-refractivity contribution in [1.82, 2.24) is 25.0 Å². The number of likely N-dealkylation sites (N-methyl/N-ethyl adjacent to an activating group) is 1. The molecule has 0 radical (unpaired) electrons. The predicted octanol–water partition coefficient (Wildman–Crippen LogP) is 1.02. The Hall–Kier alpha value is -3.54. The number of hydrogen-bond donors (Lipinski definition) is 2. The lowest BCUT2D eigenvalue weighted by atomic mass is 10.1. The quantitative estimate of drug-likeness (QED) is 0.498. The second kappa shape index (κ2) is 8.22. The fourth-order valence-electron chi connectivity index (χ4n) is 2.65. The van der Waals surface area contributed by atoms with E-state index in [0.29, 0.717) is 11.4 Å². The summed E-state index contributed by atoms with van der Waals surface area (Å²) in [6.07, 6.45) is 2.76. The SMILES string of the molecule is COc1cc(C=C2C(=O)N(CC(=O)O)C(=S)N2C)cc(F)c1OCc1nnc[nH]1. The number of aromatic nitrogens is 3. The van der Waals surface area contributed by atoms with Gasteiger partial charge in [0.05, 0.1) is 7.11 Å². The van der Waals surface area contributed by atoms with Gasteiger partial charge in [-0.1, -0.05) is 0 Å². The number of methoxy groups -OCH3 is 1. The molecule has 152 valence electrons. The molecule has 0 bridgehead atoms. The van der Waals surface area contributed by atoms with E-state index >= 15 is 0 Å². The average Bonchev–Trinajstić information content (AvgIpc) is 3.26. The number of thiocarbonyl (C=S) groups is 1. The number of aromatic amines is 1. The standard InChI is InChI=1S/C17H16FN5O5S/c1-22-11(16(26)23(17(22)29)6-14(24)25)4-9-3-10(18)15(12(5-9)27-2)28-7-13-19-8-20-21-13/h3-5,8H,6-7H2,1-2H3,(H,24,25)(H,19,20,21). The van der Waals surface area contributed by atoms with Crippen LogP contribution in [0.3, 0.4) is 0 Å². The van der Waals surface area contributed by atoms with Gasteiger partial charge >= 0.3 is 5.97 Å². The molecule has 1 saturated heterocycles. The number of carboxylic acids is 1. The Balaban J connectivity index is 1.89. The molecule has 2 heterocycles. The second-order valence-corrected chi connectivity index (χ2v) is 6.28. The Morgan fingerprint density at radius 1 is 1.45 bits per heavy atom. The maximum atomic E-state index is 14.6. The van der Waals surface area contributed by atoms with Crippen LogP contribution in [0.25, 0.3) is 6.08 Å². The molecule has 3 rings (SSSR count). The van der Waals surface area contributed by atoms with E-state index in [0.717, 1.165) is 11.0 Å². The van der Waals surface area contributed by atoms with Crippen LogP contribution in [0.15, 0.2) is 24.2 Å². The zero-order valence-electron chi connectivity index (χ0n) is 15.4. The summed E-state index contributed by atoms with van der Waals surface area (Å²) in [7, 11) is 2.87. The largest absolute Gasteiger partial charge is 0.493 e. The maximum Gasteiger partial charge on any atom is 0.323 e. The minimum absolute atomic E-state index is 0.0445. The van der Waals surface area contributed by atoms with Gasteiger partial charge in [-0.25, -0.2) is 4.39 Å². The van der Waals surface area contributed by atoms with Crippen molar-refractivity contribution in [2.24, 2.45) is 0 Å². The van der Waals surface area contributed by atoms with Crippen LogP contribution in [0.4, 0.5) is 4.39 Å². The van der Waals surface area contributed by atoms with Crippen molar-refractivity contribution in [3.63, 3.8) is 0 Å². The molecule has 1 aromatic carbocycles. The molecular weight excluding hydrogens is 405 g/mol. The third kappa shape index (κ3) is 4.16. The molecule has 1 amide bonds. The monoisotopic (exact) mass is 421 g/mol. The van der Waals surface area contributed by atoms with Gasteiger partial charge in [-0.2, -0.15) is 0 Å². The smallest absolute Gasteiger partial charge is 0.323 e. The predicted molar refractivity (Wildman–Crippen MR) is 101 cm³/mol. The number of rotatable bonds is 7. The first-order valence-corrected chi connectivity index (χ1v) is 8.61. The first-order chi connectivity index (χ1) is 13.8. The van der Waals surface area contributed by atoms with Crippen molar-refractivity contribution in [1.29, 1.82) is 0 Å². The highest BCUT2D eigenvalue weighted by atomic mass is 32.1. The summed E-state index contributed by atoms with van der Waals surface area (Å²) in [6.45, 7) is -0.612. The molecule has 0 atom stereocenters. The third-order valence-corrected chi connectivity index (χ3v) is 4.51. The van der Waals surface area contributed by atoms with Crippen LogP contribution in [0, 0.1) is 5.82 Å². The highest BCUT2D eigenvalue weighted by molar-refractivity contribution is 7.80. The molecule has 0 spiro atoms. The Kier molecular flexibility index (Phi) is 5.73. The zero-order valence-corrected chi connectivity index (χ0v) is 16.2. The fraction of sp³-hybridized carbons (Fsp3) is 0.235. The first kappa shape index (κ1) is 20.2. The van der Waals surface area contributed by atoms with Crippen LogP contribution >= 0.6 is 12.2 Å². The number of nitrogens with one attached hydrogen (secondary N) is 1. The number of carbonyl (C=O) groups excluding carboxylic acids is 1. The van der Waals surface area contributed by atoms with Gasteiger partial charge < -0.3 is 24.5 Å². The molecule has 1 fully saturated rings.